The van der Waals surface area contributed by atoms with Crippen molar-refractivity contribution < 1.29 is 14.7 Å². The number of rotatable bonds is 4. The minimum Gasteiger partial charge on any atom is -0.481 e. The molecule has 0 aliphatic heterocycles. The number of carboxylic acid groups (broad SMARTS) is 1. The third-order valence-corrected chi connectivity index (χ3v) is 2.14. The summed E-state index contributed by atoms with van der Waals surface area (Å²) in [6, 6.07) is 0. The Morgan fingerprint density at radius 3 is 2.20 bits per heavy atom. The van der Waals surface area contributed by atoms with Crippen LogP contribution in [0.15, 0.2) is 12.7 Å². The topological polar surface area (TPSA) is 57.6 Å². The molecule has 0 rings (SSSR count). The van der Waals surface area contributed by atoms with Gasteiger partial charge < -0.3 is 10.0 Å². The molecule has 0 bridgehead atoms. The maximum atomic E-state index is 11.8. The van der Waals surface area contributed by atoms with Crippen molar-refractivity contribution in [2.75, 3.05) is 13.6 Å². The van der Waals surface area contributed by atoms with Crippen molar-refractivity contribution in [1.29, 1.82) is 0 Å². The van der Waals surface area contributed by atoms with Crippen molar-refractivity contribution in [2.45, 2.75) is 20.8 Å². The molecule has 0 aromatic rings. The van der Waals surface area contributed by atoms with Crippen LogP contribution in [-0.4, -0.2) is 35.5 Å². The Morgan fingerprint density at radius 1 is 1.47 bits per heavy atom. The fraction of sp³-hybridized carbons (Fsp3) is 0.636. The molecule has 0 aliphatic carbocycles. The Kier molecular flexibility index (Phi) is 4.52. The SMILES string of the molecule is C=CCN(C)C(=O)C(C(=O)O)C(C)(C)C. The van der Waals surface area contributed by atoms with Crippen LogP contribution in [0.2, 0.25) is 0 Å². The van der Waals surface area contributed by atoms with E-state index in [9.17, 15) is 9.59 Å². The molecule has 1 atom stereocenters. The first-order valence-corrected chi connectivity index (χ1v) is 4.80. The van der Waals surface area contributed by atoms with Crippen LogP contribution in [0.4, 0.5) is 0 Å². The monoisotopic (exact) mass is 213 g/mol. The van der Waals surface area contributed by atoms with Crippen LogP contribution < -0.4 is 0 Å². The first-order valence-electron chi connectivity index (χ1n) is 4.80. The standard InChI is InChI=1S/C11H19NO3/c1-6-7-12(5)9(13)8(10(14)15)11(2,3)4/h6,8H,1,7H2,2-5H3,(H,14,15). The lowest BCUT2D eigenvalue weighted by Crippen LogP contribution is -2.43. The van der Waals surface area contributed by atoms with Gasteiger partial charge in [0.2, 0.25) is 5.91 Å². The van der Waals surface area contributed by atoms with Gasteiger partial charge in [-0.25, -0.2) is 0 Å². The van der Waals surface area contributed by atoms with Gasteiger partial charge in [-0.15, -0.1) is 6.58 Å². The van der Waals surface area contributed by atoms with E-state index in [1.807, 2.05) is 0 Å². The molecule has 0 saturated carbocycles. The van der Waals surface area contributed by atoms with Crippen LogP contribution >= 0.6 is 0 Å². The number of carboxylic acids is 1. The first-order chi connectivity index (χ1) is 6.71. The number of aliphatic carboxylic acids is 1. The number of hydrogen-bond donors (Lipinski definition) is 1. The molecule has 15 heavy (non-hydrogen) atoms. The van der Waals surface area contributed by atoms with Crippen molar-refractivity contribution >= 4 is 11.9 Å². The van der Waals surface area contributed by atoms with Gasteiger partial charge in [0, 0.05) is 13.6 Å². The summed E-state index contributed by atoms with van der Waals surface area (Å²) in [6.45, 7) is 9.09. The second kappa shape index (κ2) is 4.96. The van der Waals surface area contributed by atoms with Gasteiger partial charge in [0.1, 0.15) is 5.92 Å². The van der Waals surface area contributed by atoms with Gasteiger partial charge in [-0.05, 0) is 5.41 Å². The highest BCUT2D eigenvalue weighted by Crippen LogP contribution is 2.27. The van der Waals surface area contributed by atoms with Crippen molar-refractivity contribution in [2.24, 2.45) is 11.3 Å². The van der Waals surface area contributed by atoms with Crippen LogP contribution in [0.3, 0.4) is 0 Å². The van der Waals surface area contributed by atoms with Crippen LogP contribution in [0.1, 0.15) is 20.8 Å². The maximum Gasteiger partial charge on any atom is 0.316 e. The van der Waals surface area contributed by atoms with Gasteiger partial charge in [0.05, 0.1) is 0 Å². The Hall–Kier alpha value is -1.32. The normalized spacial score (nSPS) is 13.1. The van der Waals surface area contributed by atoms with E-state index in [4.69, 9.17) is 5.11 Å². The summed E-state index contributed by atoms with van der Waals surface area (Å²) < 4.78 is 0. The third kappa shape index (κ3) is 3.73. The lowest BCUT2D eigenvalue weighted by molar-refractivity contribution is -0.155. The summed E-state index contributed by atoms with van der Waals surface area (Å²) in [5.74, 6) is -2.47. The number of carbonyl (C=O) groups is 2. The lowest BCUT2D eigenvalue weighted by Gasteiger charge is -2.29. The molecule has 4 nitrogen and oxygen atoms in total. The molecular formula is C11H19NO3. The smallest absolute Gasteiger partial charge is 0.316 e. The average molecular weight is 213 g/mol. The van der Waals surface area contributed by atoms with E-state index < -0.39 is 17.3 Å². The van der Waals surface area contributed by atoms with Crippen LogP contribution in [0.25, 0.3) is 0 Å². The van der Waals surface area contributed by atoms with Gasteiger partial charge in [0.25, 0.3) is 0 Å². The van der Waals surface area contributed by atoms with Crippen molar-refractivity contribution in [3.8, 4) is 0 Å². The zero-order valence-electron chi connectivity index (χ0n) is 9.78. The van der Waals surface area contributed by atoms with E-state index in [2.05, 4.69) is 6.58 Å². The molecule has 86 valence electrons. The number of likely N-dealkylation sites (N-methyl/N-ethyl adjacent to an activating group) is 1. The quantitative estimate of drug-likeness (QED) is 0.567. The fourth-order valence-electron chi connectivity index (χ4n) is 1.35. The number of nitrogens with zero attached hydrogens (tertiary/aromatic N) is 1. The predicted octanol–water partition coefficient (Wildman–Crippen LogP) is 1.38. The molecule has 1 unspecified atom stereocenters. The first kappa shape index (κ1) is 13.7. The van der Waals surface area contributed by atoms with Gasteiger partial charge in [-0.3, -0.25) is 9.59 Å². The molecule has 0 fully saturated rings. The highest BCUT2D eigenvalue weighted by molar-refractivity contribution is 5.97. The van der Waals surface area contributed by atoms with Crippen LogP contribution in [0.5, 0.6) is 0 Å². The van der Waals surface area contributed by atoms with Crippen molar-refractivity contribution in [3.05, 3.63) is 12.7 Å². The predicted molar refractivity (Wildman–Crippen MR) is 58.4 cm³/mol. The second-order valence-corrected chi connectivity index (χ2v) is 4.64. The minimum absolute atomic E-state index is 0.360. The largest absolute Gasteiger partial charge is 0.481 e. The van der Waals surface area contributed by atoms with Gasteiger partial charge >= 0.3 is 5.97 Å². The molecular weight excluding hydrogens is 194 g/mol. The third-order valence-electron chi connectivity index (χ3n) is 2.14. The molecule has 0 aliphatic rings. The molecule has 0 aromatic heterocycles. The second-order valence-electron chi connectivity index (χ2n) is 4.64. The highest BCUT2D eigenvalue weighted by atomic mass is 16.4. The lowest BCUT2D eigenvalue weighted by atomic mass is 9.80. The Labute approximate surface area is 90.6 Å². The summed E-state index contributed by atoms with van der Waals surface area (Å²) in [7, 11) is 1.58. The van der Waals surface area contributed by atoms with Crippen LogP contribution in [-0.2, 0) is 9.59 Å². The summed E-state index contributed by atoms with van der Waals surface area (Å²) in [4.78, 5) is 24.2. The van der Waals surface area contributed by atoms with Crippen molar-refractivity contribution in [1.82, 2.24) is 4.90 Å². The number of carbonyl (C=O) groups excluding carboxylic acids is 1. The van der Waals surface area contributed by atoms with E-state index in [1.54, 1.807) is 33.9 Å². The number of hydrogen-bond acceptors (Lipinski definition) is 2. The Balaban J connectivity index is 4.87. The summed E-state index contributed by atoms with van der Waals surface area (Å²) in [5.41, 5.74) is -0.585. The van der Waals surface area contributed by atoms with E-state index in [0.717, 1.165) is 0 Å². The van der Waals surface area contributed by atoms with Gasteiger partial charge in [-0.1, -0.05) is 26.8 Å². The molecule has 1 amide bonds. The zero-order valence-corrected chi connectivity index (χ0v) is 9.78. The van der Waals surface area contributed by atoms with Crippen LogP contribution in [0, 0.1) is 11.3 Å². The van der Waals surface area contributed by atoms with E-state index in [0.29, 0.717) is 6.54 Å². The Bertz CT molecular complexity index is 265. The maximum absolute atomic E-state index is 11.8. The molecule has 0 aromatic carbocycles. The molecule has 0 spiro atoms. The molecule has 0 saturated heterocycles. The molecule has 0 radical (unpaired) electrons. The average Bonchev–Trinajstić information content (AvgIpc) is 2.00. The molecule has 4 heteroatoms. The zero-order chi connectivity index (χ0) is 12.2. The van der Waals surface area contributed by atoms with E-state index in [1.165, 1.54) is 4.90 Å². The minimum atomic E-state index is -1.08. The molecule has 0 heterocycles. The molecule has 1 N–H and O–H groups in total. The number of amides is 1. The summed E-state index contributed by atoms with van der Waals surface area (Å²) >= 11 is 0. The Morgan fingerprint density at radius 2 is 1.93 bits per heavy atom. The van der Waals surface area contributed by atoms with Gasteiger partial charge in [-0.2, -0.15) is 0 Å². The van der Waals surface area contributed by atoms with E-state index >= 15 is 0 Å². The van der Waals surface area contributed by atoms with Crippen molar-refractivity contribution in [3.63, 3.8) is 0 Å². The summed E-state index contributed by atoms with van der Waals surface area (Å²) in [6.07, 6.45) is 1.57. The summed E-state index contributed by atoms with van der Waals surface area (Å²) in [5, 5.41) is 9.02. The highest BCUT2D eigenvalue weighted by Gasteiger charge is 2.38. The van der Waals surface area contributed by atoms with Gasteiger partial charge in [0.15, 0.2) is 0 Å². The van der Waals surface area contributed by atoms with E-state index in [-0.39, 0.29) is 5.91 Å². The fourth-order valence-corrected chi connectivity index (χ4v) is 1.35.